The molecule has 0 radical (unpaired) electrons. The molecule has 0 saturated carbocycles. The molecule has 4 heteroatoms. The number of anilines is 1. The van der Waals surface area contributed by atoms with Gasteiger partial charge in [-0.2, -0.15) is 0 Å². The molecule has 0 unspecified atom stereocenters. The summed E-state index contributed by atoms with van der Waals surface area (Å²) in [4.78, 5) is 9.41. The highest BCUT2D eigenvalue weighted by Gasteiger charge is 2.19. The molecule has 1 N–H and O–H groups in total. The number of fused-ring (bicyclic) bond motifs is 1. The molecule has 0 bridgehead atoms. The van der Waals surface area contributed by atoms with Crippen LogP contribution in [0.4, 0.5) is 5.82 Å². The molecule has 1 aromatic heterocycles. The van der Waals surface area contributed by atoms with Crippen LogP contribution < -0.4 is 5.32 Å². The van der Waals surface area contributed by atoms with Crippen molar-refractivity contribution in [2.45, 2.75) is 32.6 Å². The monoisotopic (exact) mass is 287 g/mol. The van der Waals surface area contributed by atoms with E-state index in [1.54, 1.807) is 0 Å². The van der Waals surface area contributed by atoms with Crippen molar-refractivity contribution in [2.75, 3.05) is 11.9 Å². The van der Waals surface area contributed by atoms with Crippen molar-refractivity contribution >= 4 is 17.4 Å². The normalized spacial score (nSPS) is 13.3. The highest BCUT2D eigenvalue weighted by atomic mass is 35.5. The number of hydrogen-bond donors (Lipinski definition) is 1. The van der Waals surface area contributed by atoms with Gasteiger partial charge in [0.15, 0.2) is 0 Å². The van der Waals surface area contributed by atoms with Crippen LogP contribution in [0.5, 0.6) is 0 Å². The van der Waals surface area contributed by atoms with E-state index >= 15 is 0 Å². The predicted octanol–water partition coefficient (Wildman–Crippen LogP) is 3.64. The Morgan fingerprint density at radius 3 is 2.85 bits per heavy atom. The number of hydrogen-bond acceptors (Lipinski definition) is 3. The first kappa shape index (κ1) is 13.4. The van der Waals surface area contributed by atoms with Crippen LogP contribution in [0.3, 0.4) is 0 Å². The highest BCUT2D eigenvalue weighted by Crippen LogP contribution is 2.27. The Balaban J connectivity index is 1.94. The number of benzene rings is 1. The van der Waals surface area contributed by atoms with E-state index in [0.29, 0.717) is 6.42 Å². The molecule has 0 amide bonds. The second kappa shape index (κ2) is 5.80. The number of nitrogens with one attached hydrogen (secondary N) is 1. The molecule has 1 aliphatic carbocycles. The zero-order chi connectivity index (χ0) is 13.9. The van der Waals surface area contributed by atoms with E-state index in [0.717, 1.165) is 41.6 Å². The number of aryl methyl sites for hydroxylation is 1. The van der Waals surface area contributed by atoms with Crippen LogP contribution in [0, 0.1) is 0 Å². The van der Waals surface area contributed by atoms with Gasteiger partial charge in [-0.1, -0.05) is 29.8 Å². The first-order valence-electron chi connectivity index (χ1n) is 7.14. The number of halogens is 1. The predicted molar refractivity (Wildman–Crippen MR) is 82.5 cm³/mol. The van der Waals surface area contributed by atoms with Crippen molar-refractivity contribution in [3.05, 3.63) is 51.9 Å². The minimum atomic E-state index is 0.686. The maximum absolute atomic E-state index is 6.22. The lowest BCUT2D eigenvalue weighted by atomic mass is 10.1. The lowest BCUT2D eigenvalue weighted by Crippen LogP contribution is -2.09. The SMILES string of the molecule is CCNc1nc(Cc2ccccc2Cl)nc2c1CCC2. The fourth-order valence-corrected chi connectivity index (χ4v) is 2.89. The van der Waals surface area contributed by atoms with E-state index in [-0.39, 0.29) is 0 Å². The van der Waals surface area contributed by atoms with Gasteiger partial charge in [0.2, 0.25) is 0 Å². The third-order valence-electron chi connectivity index (χ3n) is 3.63. The van der Waals surface area contributed by atoms with Crippen molar-refractivity contribution in [3.8, 4) is 0 Å². The lowest BCUT2D eigenvalue weighted by molar-refractivity contribution is 0.885. The van der Waals surface area contributed by atoms with Crippen molar-refractivity contribution in [1.29, 1.82) is 0 Å². The van der Waals surface area contributed by atoms with Crippen molar-refractivity contribution in [1.82, 2.24) is 9.97 Å². The largest absolute Gasteiger partial charge is 0.370 e. The summed E-state index contributed by atoms with van der Waals surface area (Å²) in [6.45, 7) is 2.98. The smallest absolute Gasteiger partial charge is 0.135 e. The highest BCUT2D eigenvalue weighted by molar-refractivity contribution is 6.31. The zero-order valence-corrected chi connectivity index (χ0v) is 12.4. The van der Waals surface area contributed by atoms with Crippen LogP contribution in [0.25, 0.3) is 0 Å². The first-order valence-corrected chi connectivity index (χ1v) is 7.51. The van der Waals surface area contributed by atoms with Crippen molar-refractivity contribution < 1.29 is 0 Å². The summed E-state index contributed by atoms with van der Waals surface area (Å²) < 4.78 is 0. The summed E-state index contributed by atoms with van der Waals surface area (Å²) in [6.07, 6.45) is 4.01. The summed E-state index contributed by atoms with van der Waals surface area (Å²) in [5.74, 6) is 1.87. The second-order valence-corrected chi connectivity index (χ2v) is 5.47. The van der Waals surface area contributed by atoms with Crippen molar-refractivity contribution in [2.24, 2.45) is 0 Å². The van der Waals surface area contributed by atoms with E-state index < -0.39 is 0 Å². The Morgan fingerprint density at radius 1 is 1.20 bits per heavy atom. The summed E-state index contributed by atoms with van der Waals surface area (Å²) >= 11 is 6.22. The molecule has 3 nitrogen and oxygen atoms in total. The Morgan fingerprint density at radius 2 is 2.05 bits per heavy atom. The zero-order valence-electron chi connectivity index (χ0n) is 11.6. The van der Waals surface area contributed by atoms with E-state index in [1.165, 1.54) is 17.7 Å². The number of rotatable bonds is 4. The minimum absolute atomic E-state index is 0.686. The molecule has 104 valence electrons. The van der Waals surface area contributed by atoms with Gasteiger partial charge >= 0.3 is 0 Å². The summed E-state index contributed by atoms with van der Waals surface area (Å²) in [6, 6.07) is 7.89. The molecule has 1 aliphatic rings. The molecule has 20 heavy (non-hydrogen) atoms. The van der Waals surface area contributed by atoms with Gasteiger partial charge in [-0.3, -0.25) is 0 Å². The number of aromatic nitrogens is 2. The molecule has 0 fully saturated rings. The third-order valence-corrected chi connectivity index (χ3v) is 4.00. The van der Waals surface area contributed by atoms with Crippen LogP contribution >= 0.6 is 11.6 Å². The summed E-state index contributed by atoms with van der Waals surface area (Å²) in [5.41, 5.74) is 3.59. The van der Waals surface area contributed by atoms with E-state index in [2.05, 4.69) is 17.2 Å². The summed E-state index contributed by atoms with van der Waals surface area (Å²) in [7, 11) is 0. The van der Waals surface area contributed by atoms with Gasteiger partial charge < -0.3 is 5.32 Å². The van der Waals surface area contributed by atoms with Crippen molar-refractivity contribution in [3.63, 3.8) is 0 Å². The molecule has 0 spiro atoms. The fourth-order valence-electron chi connectivity index (χ4n) is 2.69. The lowest BCUT2D eigenvalue weighted by Gasteiger charge is -2.11. The Hall–Kier alpha value is -1.61. The molecule has 2 aromatic rings. The maximum atomic E-state index is 6.22. The van der Waals surface area contributed by atoms with Crippen LogP contribution in [0.15, 0.2) is 24.3 Å². The Kier molecular flexibility index (Phi) is 3.88. The fraction of sp³-hybridized carbons (Fsp3) is 0.375. The van der Waals surface area contributed by atoms with Crippen LogP contribution in [0.2, 0.25) is 5.02 Å². The molecular weight excluding hydrogens is 270 g/mol. The maximum Gasteiger partial charge on any atom is 0.135 e. The molecular formula is C16H18ClN3. The van der Waals surface area contributed by atoms with Gasteiger partial charge in [0.05, 0.1) is 0 Å². The van der Waals surface area contributed by atoms with Crippen LogP contribution in [0.1, 0.15) is 36.0 Å². The standard InChI is InChI=1S/C16H18ClN3/c1-2-18-16-12-7-5-9-14(12)19-15(20-16)10-11-6-3-4-8-13(11)17/h3-4,6,8H,2,5,7,9-10H2,1H3,(H,18,19,20). The first-order chi connectivity index (χ1) is 9.78. The average molecular weight is 288 g/mol. The Labute approximate surface area is 124 Å². The van der Waals surface area contributed by atoms with Crippen LogP contribution in [-0.2, 0) is 19.3 Å². The second-order valence-electron chi connectivity index (χ2n) is 5.07. The Bertz CT molecular complexity index is 625. The van der Waals surface area contributed by atoms with Crippen LogP contribution in [-0.4, -0.2) is 16.5 Å². The van der Waals surface area contributed by atoms with Gasteiger partial charge in [0.25, 0.3) is 0 Å². The summed E-state index contributed by atoms with van der Waals surface area (Å²) in [5, 5.41) is 4.14. The topological polar surface area (TPSA) is 37.8 Å². The van der Waals surface area contributed by atoms with Gasteiger partial charge in [-0.05, 0) is 37.8 Å². The van der Waals surface area contributed by atoms with Gasteiger partial charge in [-0.25, -0.2) is 9.97 Å². The van der Waals surface area contributed by atoms with Gasteiger partial charge in [0, 0.05) is 29.2 Å². The molecule has 3 rings (SSSR count). The van der Waals surface area contributed by atoms with E-state index in [4.69, 9.17) is 16.6 Å². The molecule has 1 heterocycles. The molecule has 0 saturated heterocycles. The minimum Gasteiger partial charge on any atom is -0.370 e. The van der Waals surface area contributed by atoms with E-state index in [9.17, 15) is 0 Å². The van der Waals surface area contributed by atoms with E-state index in [1.807, 2.05) is 24.3 Å². The quantitative estimate of drug-likeness (QED) is 0.933. The molecule has 0 aliphatic heterocycles. The van der Waals surface area contributed by atoms with Gasteiger partial charge in [-0.15, -0.1) is 0 Å². The third kappa shape index (κ3) is 2.63. The van der Waals surface area contributed by atoms with Gasteiger partial charge in [0.1, 0.15) is 11.6 Å². The number of nitrogens with zero attached hydrogens (tertiary/aromatic N) is 2. The molecule has 0 atom stereocenters. The average Bonchev–Trinajstić information content (AvgIpc) is 2.90. The molecule has 1 aromatic carbocycles.